The zero-order valence-corrected chi connectivity index (χ0v) is 15.4. The molecule has 0 bridgehead atoms. The van der Waals surface area contributed by atoms with Gasteiger partial charge in [0.2, 0.25) is 5.95 Å². The van der Waals surface area contributed by atoms with E-state index in [4.69, 9.17) is 5.26 Å². The molecule has 2 rings (SSSR count). The molecule has 0 spiro atoms. The van der Waals surface area contributed by atoms with Crippen LogP contribution in [0.15, 0.2) is 10.8 Å². The largest absolute Gasteiger partial charge is 0.408 e. The van der Waals surface area contributed by atoms with Gasteiger partial charge in [0.25, 0.3) is 5.95 Å². The molecule has 0 aromatic carbocycles. The van der Waals surface area contributed by atoms with Crippen LogP contribution in [0.1, 0.15) is 51.8 Å². The maximum Gasteiger partial charge on any atom is 0.408 e. The van der Waals surface area contributed by atoms with Crippen molar-refractivity contribution in [3.63, 3.8) is 0 Å². The molecule has 152 valence electrons. The average Bonchev–Trinajstić information content (AvgIpc) is 2.61. The lowest BCUT2D eigenvalue weighted by Crippen LogP contribution is -2.36. The summed E-state index contributed by atoms with van der Waals surface area (Å²) >= 11 is 0. The lowest BCUT2D eigenvalue weighted by atomic mass is 9.96. The Kier molecular flexibility index (Phi) is 7.01. The number of halogens is 4. The van der Waals surface area contributed by atoms with Crippen molar-refractivity contribution in [2.45, 2.75) is 64.3 Å². The van der Waals surface area contributed by atoms with Crippen LogP contribution >= 0.6 is 0 Å². The molecule has 1 aromatic rings. The van der Waals surface area contributed by atoms with Gasteiger partial charge in [-0.3, -0.25) is 0 Å². The molecule has 0 amide bonds. The van der Waals surface area contributed by atoms with Gasteiger partial charge in [0, 0.05) is 11.3 Å². The standard InChI is InChI=1S/C17H20F4N6O/c1-3-12(17(19,20)21)24-16-26-14(10-5-4-6-11(28)13(10)18)25-15(27-16)23-9(2)7-8-22/h11-12,28H,3-7H2,1-2H3,(H,24,25,26,27)/t11?,12-/m1/s1. The Bertz CT molecular complexity index is 815. The first-order valence-corrected chi connectivity index (χ1v) is 8.73. The zero-order valence-electron chi connectivity index (χ0n) is 15.4. The maximum atomic E-state index is 14.3. The minimum absolute atomic E-state index is 0.0126. The fourth-order valence-corrected chi connectivity index (χ4v) is 2.65. The van der Waals surface area contributed by atoms with Crippen LogP contribution in [0.25, 0.3) is 5.57 Å². The number of nitriles is 1. The fourth-order valence-electron chi connectivity index (χ4n) is 2.65. The quantitative estimate of drug-likeness (QED) is 0.555. The second-order valence-corrected chi connectivity index (χ2v) is 6.35. The van der Waals surface area contributed by atoms with E-state index < -0.39 is 30.1 Å². The number of aliphatic hydroxyl groups is 1. The SMILES string of the molecule is CC[C@@H](Nc1nc(N=C(C)CC#N)nc(C2=C(F)C(O)CCC2)n1)C(F)(F)F. The first-order chi connectivity index (χ1) is 13.2. The molecule has 1 unspecified atom stereocenters. The Labute approximate surface area is 159 Å². The van der Waals surface area contributed by atoms with Crippen LogP contribution in [-0.4, -0.2) is 44.1 Å². The van der Waals surface area contributed by atoms with Gasteiger partial charge in [0.05, 0.1) is 12.5 Å². The van der Waals surface area contributed by atoms with Crippen molar-refractivity contribution in [1.82, 2.24) is 15.0 Å². The second kappa shape index (κ2) is 9.05. The van der Waals surface area contributed by atoms with E-state index in [0.29, 0.717) is 12.1 Å². The third-order valence-electron chi connectivity index (χ3n) is 4.11. The lowest BCUT2D eigenvalue weighted by molar-refractivity contribution is -0.143. The number of nitrogens with zero attached hydrogens (tertiary/aromatic N) is 5. The highest BCUT2D eigenvalue weighted by atomic mass is 19.4. The van der Waals surface area contributed by atoms with E-state index in [1.54, 1.807) is 0 Å². The molecule has 1 aliphatic carbocycles. The van der Waals surface area contributed by atoms with Crippen molar-refractivity contribution in [2.75, 3.05) is 5.32 Å². The molecule has 0 saturated carbocycles. The van der Waals surface area contributed by atoms with Crippen molar-refractivity contribution in [2.24, 2.45) is 4.99 Å². The number of aromatic nitrogens is 3. The van der Waals surface area contributed by atoms with Crippen LogP contribution in [0, 0.1) is 11.3 Å². The third kappa shape index (κ3) is 5.45. The fraction of sp³-hybridized carbons (Fsp3) is 0.588. The van der Waals surface area contributed by atoms with Crippen molar-refractivity contribution in [1.29, 1.82) is 5.26 Å². The molecule has 1 heterocycles. The van der Waals surface area contributed by atoms with Crippen molar-refractivity contribution in [3.05, 3.63) is 11.7 Å². The highest BCUT2D eigenvalue weighted by Crippen LogP contribution is 2.33. The predicted molar refractivity (Wildman–Crippen MR) is 94.5 cm³/mol. The molecule has 0 aliphatic heterocycles. The number of hydrogen-bond donors (Lipinski definition) is 2. The summed E-state index contributed by atoms with van der Waals surface area (Å²) in [6.45, 7) is 2.89. The van der Waals surface area contributed by atoms with E-state index in [1.807, 2.05) is 6.07 Å². The zero-order chi connectivity index (χ0) is 20.9. The molecule has 0 radical (unpaired) electrons. The number of rotatable bonds is 6. The summed E-state index contributed by atoms with van der Waals surface area (Å²) in [7, 11) is 0. The van der Waals surface area contributed by atoms with Crippen LogP contribution in [-0.2, 0) is 0 Å². The van der Waals surface area contributed by atoms with E-state index in [-0.39, 0.29) is 43.0 Å². The van der Waals surface area contributed by atoms with Crippen molar-refractivity contribution >= 4 is 23.2 Å². The maximum absolute atomic E-state index is 14.3. The van der Waals surface area contributed by atoms with E-state index in [2.05, 4.69) is 25.3 Å². The van der Waals surface area contributed by atoms with Crippen molar-refractivity contribution < 1.29 is 22.7 Å². The van der Waals surface area contributed by atoms with Gasteiger partial charge in [-0.2, -0.15) is 33.4 Å². The number of aliphatic hydroxyl groups excluding tert-OH is 1. The van der Waals surface area contributed by atoms with Crippen LogP contribution in [0.3, 0.4) is 0 Å². The Morgan fingerprint density at radius 3 is 2.71 bits per heavy atom. The smallest absolute Gasteiger partial charge is 0.386 e. The molecule has 1 aliphatic rings. The average molecular weight is 400 g/mol. The molecule has 28 heavy (non-hydrogen) atoms. The molecular weight excluding hydrogens is 380 g/mol. The lowest BCUT2D eigenvalue weighted by Gasteiger charge is -2.21. The van der Waals surface area contributed by atoms with Gasteiger partial charge in [-0.05, 0) is 32.6 Å². The van der Waals surface area contributed by atoms with E-state index >= 15 is 0 Å². The summed E-state index contributed by atoms with van der Waals surface area (Å²) < 4.78 is 53.6. The summed E-state index contributed by atoms with van der Waals surface area (Å²) in [5, 5.41) is 20.6. The Hall–Kier alpha value is -2.61. The number of alkyl halides is 3. The number of hydrogen-bond acceptors (Lipinski definition) is 7. The first-order valence-electron chi connectivity index (χ1n) is 8.73. The molecule has 0 fully saturated rings. The minimum atomic E-state index is -4.53. The van der Waals surface area contributed by atoms with E-state index in [9.17, 15) is 22.7 Å². The van der Waals surface area contributed by atoms with Gasteiger partial charge in [-0.25, -0.2) is 9.38 Å². The number of allylic oxidation sites excluding steroid dienone is 1. The van der Waals surface area contributed by atoms with Gasteiger partial charge in [0.15, 0.2) is 5.82 Å². The third-order valence-corrected chi connectivity index (χ3v) is 4.11. The minimum Gasteiger partial charge on any atom is -0.386 e. The normalized spacial score (nSPS) is 19.4. The summed E-state index contributed by atoms with van der Waals surface area (Å²) in [6.07, 6.45) is -5.20. The monoisotopic (exact) mass is 400 g/mol. The van der Waals surface area contributed by atoms with Crippen LogP contribution in [0.5, 0.6) is 0 Å². The van der Waals surface area contributed by atoms with E-state index in [1.165, 1.54) is 13.8 Å². The van der Waals surface area contributed by atoms with Gasteiger partial charge >= 0.3 is 6.18 Å². The molecule has 7 nitrogen and oxygen atoms in total. The van der Waals surface area contributed by atoms with Crippen LogP contribution in [0.2, 0.25) is 0 Å². The molecule has 1 aromatic heterocycles. The van der Waals surface area contributed by atoms with Crippen LogP contribution < -0.4 is 5.32 Å². The Balaban J connectivity index is 2.52. The summed E-state index contributed by atoms with van der Waals surface area (Å²) in [5.74, 6) is -1.64. The highest BCUT2D eigenvalue weighted by molar-refractivity contribution is 5.85. The second-order valence-electron chi connectivity index (χ2n) is 6.35. The van der Waals surface area contributed by atoms with Gasteiger partial charge in [-0.15, -0.1) is 0 Å². The highest BCUT2D eigenvalue weighted by Gasteiger charge is 2.39. The molecule has 0 saturated heterocycles. The number of anilines is 1. The predicted octanol–water partition coefficient (Wildman–Crippen LogP) is 3.86. The Morgan fingerprint density at radius 2 is 2.11 bits per heavy atom. The number of nitrogens with one attached hydrogen (secondary N) is 1. The number of aliphatic imine (C=N–C) groups is 1. The molecule has 2 N–H and O–H groups in total. The summed E-state index contributed by atoms with van der Waals surface area (Å²) in [5.41, 5.74) is 0.352. The van der Waals surface area contributed by atoms with Crippen LogP contribution in [0.4, 0.5) is 29.5 Å². The van der Waals surface area contributed by atoms with E-state index in [0.717, 1.165) is 0 Å². The van der Waals surface area contributed by atoms with Gasteiger partial charge in [0.1, 0.15) is 18.0 Å². The van der Waals surface area contributed by atoms with Gasteiger partial charge in [-0.1, -0.05) is 6.92 Å². The Morgan fingerprint density at radius 1 is 1.39 bits per heavy atom. The van der Waals surface area contributed by atoms with Crippen molar-refractivity contribution in [3.8, 4) is 6.07 Å². The van der Waals surface area contributed by atoms with Gasteiger partial charge < -0.3 is 10.4 Å². The molecule has 2 atom stereocenters. The summed E-state index contributed by atoms with van der Waals surface area (Å²) in [6, 6.07) is -0.0212. The topological polar surface area (TPSA) is 107 Å². The summed E-state index contributed by atoms with van der Waals surface area (Å²) in [4.78, 5) is 15.8. The first kappa shape index (κ1) is 21.7. The molecular formula is C17H20F4N6O. The molecule has 11 heteroatoms.